The third kappa shape index (κ3) is 3.31. The third-order valence-electron chi connectivity index (χ3n) is 2.43. The molecule has 0 saturated heterocycles. The topological polar surface area (TPSA) is 76.7 Å². The summed E-state index contributed by atoms with van der Waals surface area (Å²) in [5.41, 5.74) is 0.829. The fourth-order valence-electron chi connectivity index (χ4n) is 1.42. The van der Waals surface area contributed by atoms with Gasteiger partial charge in [-0.25, -0.2) is 0 Å². The average molecular weight is 231 g/mol. The Labute approximate surface area is 99.6 Å². The van der Waals surface area contributed by atoms with Crippen LogP contribution in [0.1, 0.15) is 17.9 Å². The van der Waals surface area contributed by atoms with Crippen LogP contribution >= 0.6 is 0 Å². The molecule has 1 unspecified atom stereocenters. The predicted octanol–water partition coefficient (Wildman–Crippen LogP) is 1.56. The van der Waals surface area contributed by atoms with Gasteiger partial charge in [-0.1, -0.05) is 35.5 Å². The van der Waals surface area contributed by atoms with Gasteiger partial charge in [0.25, 0.3) is 0 Å². The smallest absolute Gasteiger partial charge is 0.214 e. The normalized spacial score (nSPS) is 12.6. The molecule has 0 spiro atoms. The molecular formula is C12H13N3O2. The summed E-state index contributed by atoms with van der Waals surface area (Å²) in [5, 5.41) is 20.9. The molecule has 0 fully saturated rings. The zero-order valence-electron chi connectivity index (χ0n) is 9.45. The Kier molecular flexibility index (Phi) is 4.70. The van der Waals surface area contributed by atoms with Gasteiger partial charge in [0.2, 0.25) is 6.41 Å². The summed E-state index contributed by atoms with van der Waals surface area (Å²) < 4.78 is 0. The summed E-state index contributed by atoms with van der Waals surface area (Å²) in [6.45, 7) is 0. The molecule has 1 aromatic carbocycles. The minimum Gasteiger partial charge on any atom is -0.409 e. The molecule has 0 radical (unpaired) electrons. The molecule has 1 rings (SSSR count). The van der Waals surface area contributed by atoms with Crippen LogP contribution in [-0.4, -0.2) is 29.4 Å². The van der Waals surface area contributed by atoms with Crippen LogP contribution in [-0.2, 0) is 4.79 Å². The molecule has 1 atom stereocenters. The first-order valence-corrected chi connectivity index (χ1v) is 5.06. The van der Waals surface area contributed by atoms with E-state index in [-0.39, 0.29) is 12.3 Å². The quantitative estimate of drug-likeness (QED) is 0.281. The second-order valence-corrected chi connectivity index (χ2v) is 3.53. The number of carbonyl (C=O) groups excluding carboxylic acids is 1. The van der Waals surface area contributed by atoms with Gasteiger partial charge in [0.15, 0.2) is 5.84 Å². The Morgan fingerprint density at radius 2 is 2.24 bits per heavy atom. The molecule has 0 aliphatic carbocycles. The lowest BCUT2D eigenvalue weighted by atomic mass is 9.96. The van der Waals surface area contributed by atoms with E-state index in [1.165, 1.54) is 7.05 Å². The van der Waals surface area contributed by atoms with E-state index in [9.17, 15) is 4.79 Å². The fraction of sp³-hybridized carbons (Fsp3) is 0.250. The molecule has 5 nitrogen and oxygen atoms in total. The number of nitriles is 1. The molecule has 17 heavy (non-hydrogen) atoms. The minimum absolute atomic E-state index is 0.162. The standard InChI is InChI=1S/C12H13N3O2/c1-15(9-16)12(14-17)7-11(8-13)10-5-3-2-4-6-10/h2-6,9,11,17H,7H2,1H3. The monoisotopic (exact) mass is 231 g/mol. The van der Waals surface area contributed by atoms with Crippen LogP contribution in [0.4, 0.5) is 0 Å². The van der Waals surface area contributed by atoms with Crippen LogP contribution in [0.25, 0.3) is 0 Å². The Hall–Kier alpha value is -2.35. The van der Waals surface area contributed by atoms with Crippen molar-refractivity contribution in [3.8, 4) is 6.07 Å². The Morgan fingerprint density at radius 1 is 1.59 bits per heavy atom. The van der Waals surface area contributed by atoms with Crippen LogP contribution in [0, 0.1) is 11.3 Å². The predicted molar refractivity (Wildman–Crippen MR) is 62.5 cm³/mol. The highest BCUT2D eigenvalue weighted by molar-refractivity contribution is 5.90. The lowest BCUT2D eigenvalue weighted by Gasteiger charge is -2.15. The number of rotatable bonds is 4. The van der Waals surface area contributed by atoms with E-state index < -0.39 is 5.92 Å². The number of amides is 1. The van der Waals surface area contributed by atoms with E-state index in [1.807, 2.05) is 30.3 Å². The van der Waals surface area contributed by atoms with Crippen molar-refractivity contribution in [3.05, 3.63) is 35.9 Å². The van der Waals surface area contributed by atoms with Gasteiger partial charge >= 0.3 is 0 Å². The van der Waals surface area contributed by atoms with E-state index in [2.05, 4.69) is 11.2 Å². The highest BCUT2D eigenvalue weighted by atomic mass is 16.4. The van der Waals surface area contributed by atoms with Crippen molar-refractivity contribution < 1.29 is 10.0 Å². The maximum Gasteiger partial charge on any atom is 0.214 e. The van der Waals surface area contributed by atoms with E-state index in [1.54, 1.807) is 0 Å². The maximum atomic E-state index is 10.6. The minimum atomic E-state index is -0.440. The summed E-state index contributed by atoms with van der Waals surface area (Å²) in [6, 6.07) is 11.3. The van der Waals surface area contributed by atoms with E-state index in [0.29, 0.717) is 6.41 Å². The molecule has 0 aliphatic heterocycles. The number of hydrogen-bond donors (Lipinski definition) is 1. The molecule has 0 saturated carbocycles. The van der Waals surface area contributed by atoms with E-state index in [4.69, 9.17) is 10.5 Å². The molecule has 0 aromatic heterocycles. The SMILES string of the molecule is CN(C=O)C(CC(C#N)c1ccccc1)=NO. The number of hydrogen-bond acceptors (Lipinski definition) is 4. The number of benzene rings is 1. The van der Waals surface area contributed by atoms with Crippen molar-refractivity contribution in [1.82, 2.24) is 4.90 Å². The van der Waals surface area contributed by atoms with E-state index >= 15 is 0 Å². The first-order valence-electron chi connectivity index (χ1n) is 5.06. The van der Waals surface area contributed by atoms with Crippen molar-refractivity contribution in [2.24, 2.45) is 5.16 Å². The van der Waals surface area contributed by atoms with Gasteiger partial charge in [-0.15, -0.1) is 0 Å². The Morgan fingerprint density at radius 3 is 2.71 bits per heavy atom. The van der Waals surface area contributed by atoms with Crippen molar-refractivity contribution in [1.29, 1.82) is 5.26 Å². The molecule has 0 aliphatic rings. The van der Waals surface area contributed by atoms with Crippen molar-refractivity contribution in [2.45, 2.75) is 12.3 Å². The largest absolute Gasteiger partial charge is 0.409 e. The van der Waals surface area contributed by atoms with Gasteiger partial charge in [-0.3, -0.25) is 4.79 Å². The van der Waals surface area contributed by atoms with Crippen LogP contribution < -0.4 is 0 Å². The Balaban J connectivity index is 2.85. The highest BCUT2D eigenvalue weighted by Gasteiger charge is 2.16. The van der Waals surface area contributed by atoms with Crippen LogP contribution in [0.3, 0.4) is 0 Å². The van der Waals surface area contributed by atoms with Crippen LogP contribution in [0.15, 0.2) is 35.5 Å². The summed E-state index contributed by atoms with van der Waals surface area (Å²) in [7, 11) is 1.47. The molecule has 5 heteroatoms. The van der Waals surface area contributed by atoms with Crippen LogP contribution in [0.2, 0.25) is 0 Å². The summed E-state index contributed by atoms with van der Waals surface area (Å²) in [5.74, 6) is -0.278. The molecule has 88 valence electrons. The number of oxime groups is 1. The second kappa shape index (κ2) is 6.28. The molecule has 0 bridgehead atoms. The zero-order chi connectivity index (χ0) is 12.7. The van der Waals surface area contributed by atoms with Crippen LogP contribution in [0.5, 0.6) is 0 Å². The maximum absolute atomic E-state index is 10.6. The molecule has 0 heterocycles. The van der Waals surface area contributed by atoms with Gasteiger partial charge in [0.1, 0.15) is 0 Å². The summed E-state index contributed by atoms with van der Waals surface area (Å²) in [6.07, 6.45) is 0.723. The molecule has 1 aromatic rings. The number of carbonyl (C=O) groups is 1. The van der Waals surface area contributed by atoms with Gasteiger partial charge < -0.3 is 10.1 Å². The Bertz CT molecular complexity index is 437. The number of nitrogens with zero attached hydrogens (tertiary/aromatic N) is 3. The van der Waals surface area contributed by atoms with Crippen molar-refractivity contribution in [2.75, 3.05) is 7.05 Å². The first kappa shape index (κ1) is 12.7. The first-order chi connectivity index (χ1) is 8.22. The van der Waals surface area contributed by atoms with Gasteiger partial charge in [-0.05, 0) is 5.56 Å². The van der Waals surface area contributed by atoms with Gasteiger partial charge in [-0.2, -0.15) is 5.26 Å². The van der Waals surface area contributed by atoms with Crippen molar-refractivity contribution >= 4 is 12.2 Å². The zero-order valence-corrected chi connectivity index (χ0v) is 9.45. The number of amidine groups is 1. The van der Waals surface area contributed by atoms with Gasteiger partial charge in [0.05, 0.1) is 12.0 Å². The summed E-state index contributed by atoms with van der Waals surface area (Å²) in [4.78, 5) is 11.7. The summed E-state index contributed by atoms with van der Waals surface area (Å²) >= 11 is 0. The lowest BCUT2D eigenvalue weighted by molar-refractivity contribution is -0.114. The highest BCUT2D eigenvalue weighted by Crippen LogP contribution is 2.19. The molecule has 1 N–H and O–H groups in total. The fourth-order valence-corrected chi connectivity index (χ4v) is 1.42. The molecule has 1 amide bonds. The second-order valence-electron chi connectivity index (χ2n) is 3.53. The van der Waals surface area contributed by atoms with E-state index in [0.717, 1.165) is 10.5 Å². The van der Waals surface area contributed by atoms with Crippen molar-refractivity contribution in [3.63, 3.8) is 0 Å². The third-order valence-corrected chi connectivity index (χ3v) is 2.43. The lowest BCUT2D eigenvalue weighted by Crippen LogP contribution is -2.26. The van der Waals surface area contributed by atoms with Gasteiger partial charge in [0, 0.05) is 13.5 Å². The molecular weight excluding hydrogens is 218 g/mol. The average Bonchev–Trinajstić information content (AvgIpc) is 2.40.